The summed E-state index contributed by atoms with van der Waals surface area (Å²) < 4.78 is 0. The third kappa shape index (κ3) is 3.86. The third-order valence-electron chi connectivity index (χ3n) is 5.49. The van der Waals surface area contributed by atoms with Crippen LogP contribution in [0.25, 0.3) is 0 Å². The van der Waals surface area contributed by atoms with Crippen molar-refractivity contribution in [3.63, 3.8) is 0 Å². The van der Waals surface area contributed by atoms with Gasteiger partial charge >= 0.3 is 0 Å². The number of likely N-dealkylation sites (tertiary alicyclic amines) is 1. The molecule has 4 heteroatoms. The summed E-state index contributed by atoms with van der Waals surface area (Å²) in [7, 11) is 0. The van der Waals surface area contributed by atoms with Gasteiger partial charge in [-0.1, -0.05) is 6.92 Å². The third-order valence-corrected chi connectivity index (χ3v) is 5.49. The molecule has 2 saturated heterocycles. The molecule has 1 spiro atoms. The lowest BCUT2D eigenvalue weighted by Gasteiger charge is -2.44. The largest absolute Gasteiger partial charge is 0.385 e. The lowest BCUT2D eigenvalue weighted by atomic mass is 9.71. The van der Waals surface area contributed by atoms with Gasteiger partial charge in [0, 0.05) is 30.9 Å². The van der Waals surface area contributed by atoms with Crippen molar-refractivity contribution < 1.29 is 4.79 Å². The zero-order valence-corrected chi connectivity index (χ0v) is 14.2. The summed E-state index contributed by atoms with van der Waals surface area (Å²) in [5, 5.41) is 6.80. The maximum atomic E-state index is 12.7. The molecule has 1 aromatic rings. The van der Waals surface area contributed by atoms with Gasteiger partial charge in [0.15, 0.2) is 0 Å². The number of amides is 1. The van der Waals surface area contributed by atoms with Gasteiger partial charge in [-0.2, -0.15) is 0 Å². The second-order valence-corrected chi connectivity index (χ2v) is 7.05. The van der Waals surface area contributed by atoms with Crippen molar-refractivity contribution in [2.45, 2.75) is 39.0 Å². The van der Waals surface area contributed by atoms with Gasteiger partial charge in [-0.25, -0.2) is 0 Å². The Kier molecular flexibility index (Phi) is 5.21. The normalized spacial score (nSPS) is 20.5. The molecular formula is C19H29N3O. The van der Waals surface area contributed by atoms with Crippen LogP contribution in [0.3, 0.4) is 0 Å². The molecule has 0 aromatic heterocycles. The number of nitrogens with one attached hydrogen (secondary N) is 2. The molecule has 0 unspecified atom stereocenters. The molecule has 1 amide bonds. The number of hydrogen-bond acceptors (Lipinski definition) is 3. The molecule has 3 rings (SSSR count). The number of nitrogens with zero attached hydrogens (tertiary/aromatic N) is 1. The first-order valence-electron chi connectivity index (χ1n) is 9.06. The second kappa shape index (κ2) is 7.35. The zero-order valence-electron chi connectivity index (χ0n) is 14.2. The van der Waals surface area contributed by atoms with Crippen molar-refractivity contribution in [2.75, 3.05) is 38.0 Å². The van der Waals surface area contributed by atoms with E-state index in [9.17, 15) is 4.79 Å². The summed E-state index contributed by atoms with van der Waals surface area (Å²) >= 11 is 0. The highest BCUT2D eigenvalue weighted by Gasteiger charge is 2.36. The monoisotopic (exact) mass is 315 g/mol. The van der Waals surface area contributed by atoms with E-state index in [2.05, 4.69) is 17.6 Å². The SMILES string of the molecule is CCCNc1ccc(C(=O)N2CCC3(CCNCC3)CC2)cc1. The van der Waals surface area contributed by atoms with E-state index in [4.69, 9.17) is 0 Å². The van der Waals surface area contributed by atoms with Crippen LogP contribution in [0.1, 0.15) is 49.4 Å². The number of piperidine rings is 2. The molecule has 126 valence electrons. The van der Waals surface area contributed by atoms with E-state index in [0.717, 1.165) is 63.2 Å². The van der Waals surface area contributed by atoms with Crippen molar-refractivity contribution in [3.05, 3.63) is 29.8 Å². The van der Waals surface area contributed by atoms with Crippen LogP contribution in [-0.4, -0.2) is 43.5 Å². The number of carbonyl (C=O) groups is 1. The Hall–Kier alpha value is -1.55. The maximum Gasteiger partial charge on any atom is 0.253 e. The Morgan fingerprint density at radius 1 is 1.13 bits per heavy atom. The van der Waals surface area contributed by atoms with Crippen LogP contribution in [0.2, 0.25) is 0 Å². The average molecular weight is 315 g/mol. The topological polar surface area (TPSA) is 44.4 Å². The van der Waals surface area contributed by atoms with Gasteiger partial charge < -0.3 is 15.5 Å². The molecule has 0 atom stereocenters. The van der Waals surface area contributed by atoms with E-state index in [1.807, 2.05) is 29.2 Å². The predicted octanol–water partition coefficient (Wildman–Crippen LogP) is 3.11. The number of rotatable bonds is 4. The highest BCUT2D eigenvalue weighted by Crippen LogP contribution is 2.39. The molecule has 0 saturated carbocycles. The molecular weight excluding hydrogens is 286 g/mol. The van der Waals surface area contributed by atoms with Crippen LogP contribution in [-0.2, 0) is 0 Å². The van der Waals surface area contributed by atoms with E-state index in [-0.39, 0.29) is 5.91 Å². The van der Waals surface area contributed by atoms with E-state index in [1.54, 1.807) is 0 Å². The van der Waals surface area contributed by atoms with E-state index in [0.29, 0.717) is 5.41 Å². The van der Waals surface area contributed by atoms with Gasteiger partial charge in [0.05, 0.1) is 0 Å². The Bertz CT molecular complexity index is 510. The minimum Gasteiger partial charge on any atom is -0.385 e. The van der Waals surface area contributed by atoms with E-state index >= 15 is 0 Å². The summed E-state index contributed by atoms with van der Waals surface area (Å²) in [5.74, 6) is 0.191. The lowest BCUT2D eigenvalue weighted by Crippen LogP contribution is -2.47. The highest BCUT2D eigenvalue weighted by atomic mass is 16.2. The van der Waals surface area contributed by atoms with Gasteiger partial charge in [-0.05, 0) is 74.9 Å². The van der Waals surface area contributed by atoms with Crippen LogP contribution in [0.15, 0.2) is 24.3 Å². The molecule has 0 aliphatic carbocycles. The fourth-order valence-electron chi connectivity index (χ4n) is 3.82. The first kappa shape index (κ1) is 16.3. The van der Waals surface area contributed by atoms with Crippen LogP contribution >= 0.6 is 0 Å². The second-order valence-electron chi connectivity index (χ2n) is 7.05. The number of benzene rings is 1. The number of anilines is 1. The van der Waals surface area contributed by atoms with Gasteiger partial charge in [0.2, 0.25) is 0 Å². The summed E-state index contributed by atoms with van der Waals surface area (Å²) in [6.45, 7) is 7.22. The Morgan fingerprint density at radius 3 is 2.39 bits per heavy atom. The minimum atomic E-state index is 0.191. The van der Waals surface area contributed by atoms with Crippen LogP contribution in [0, 0.1) is 5.41 Å². The fourth-order valence-corrected chi connectivity index (χ4v) is 3.82. The van der Waals surface area contributed by atoms with Crippen LogP contribution < -0.4 is 10.6 Å². The Labute approximate surface area is 139 Å². The lowest BCUT2D eigenvalue weighted by molar-refractivity contribution is 0.0496. The highest BCUT2D eigenvalue weighted by molar-refractivity contribution is 5.94. The minimum absolute atomic E-state index is 0.191. The zero-order chi connectivity index (χ0) is 16.1. The number of hydrogen-bond donors (Lipinski definition) is 2. The summed E-state index contributed by atoms with van der Waals surface area (Å²) in [5.41, 5.74) is 2.40. The number of carbonyl (C=O) groups excluding carboxylic acids is 1. The van der Waals surface area contributed by atoms with E-state index in [1.165, 1.54) is 12.8 Å². The van der Waals surface area contributed by atoms with Crippen molar-refractivity contribution in [3.8, 4) is 0 Å². The fraction of sp³-hybridized carbons (Fsp3) is 0.632. The van der Waals surface area contributed by atoms with Crippen LogP contribution in [0.5, 0.6) is 0 Å². The van der Waals surface area contributed by atoms with Gasteiger partial charge in [0.1, 0.15) is 0 Å². The maximum absolute atomic E-state index is 12.7. The summed E-state index contributed by atoms with van der Waals surface area (Å²) in [6.07, 6.45) is 5.97. The summed E-state index contributed by atoms with van der Waals surface area (Å²) in [4.78, 5) is 14.7. The first-order chi connectivity index (χ1) is 11.2. The smallest absolute Gasteiger partial charge is 0.253 e. The quantitative estimate of drug-likeness (QED) is 0.897. The van der Waals surface area contributed by atoms with E-state index < -0.39 is 0 Å². The van der Waals surface area contributed by atoms with Gasteiger partial charge in [-0.15, -0.1) is 0 Å². The van der Waals surface area contributed by atoms with Crippen LogP contribution in [0.4, 0.5) is 5.69 Å². The molecule has 23 heavy (non-hydrogen) atoms. The predicted molar refractivity (Wildman–Crippen MR) is 94.9 cm³/mol. The molecule has 2 aliphatic heterocycles. The van der Waals surface area contributed by atoms with Gasteiger partial charge in [0.25, 0.3) is 5.91 Å². The van der Waals surface area contributed by atoms with Crippen molar-refractivity contribution in [1.29, 1.82) is 0 Å². The van der Waals surface area contributed by atoms with Gasteiger partial charge in [-0.3, -0.25) is 4.79 Å². The molecule has 0 bridgehead atoms. The average Bonchev–Trinajstić information content (AvgIpc) is 2.61. The molecule has 0 radical (unpaired) electrons. The Morgan fingerprint density at radius 2 is 1.78 bits per heavy atom. The molecule has 2 fully saturated rings. The van der Waals surface area contributed by atoms with Crippen molar-refractivity contribution in [2.24, 2.45) is 5.41 Å². The molecule has 2 aliphatic rings. The molecule has 4 nitrogen and oxygen atoms in total. The molecule has 2 heterocycles. The molecule has 1 aromatic carbocycles. The standard InChI is InChI=1S/C19H29N3O/c1-2-11-21-17-5-3-16(4-6-17)18(23)22-14-9-19(10-15-22)7-12-20-13-8-19/h3-6,20-21H,2,7-15H2,1H3. The van der Waals surface area contributed by atoms with Crippen molar-refractivity contribution in [1.82, 2.24) is 10.2 Å². The Balaban J connectivity index is 1.56. The van der Waals surface area contributed by atoms with Crippen molar-refractivity contribution >= 4 is 11.6 Å². The first-order valence-corrected chi connectivity index (χ1v) is 9.06. The molecule has 2 N–H and O–H groups in total. The summed E-state index contributed by atoms with van der Waals surface area (Å²) in [6, 6.07) is 7.94.